The number of hydrogen-bond donors (Lipinski definition) is 2. The molecular weight excluding hydrogens is 222 g/mol. The molecule has 4 heteroatoms. The minimum atomic E-state index is -0.202. The molecule has 2 saturated heterocycles. The van der Waals surface area contributed by atoms with Gasteiger partial charge in [0.05, 0.1) is 11.7 Å². The van der Waals surface area contributed by atoms with E-state index in [-0.39, 0.29) is 11.7 Å². The van der Waals surface area contributed by atoms with E-state index < -0.39 is 0 Å². The fourth-order valence-electron chi connectivity index (χ4n) is 2.72. The lowest BCUT2D eigenvalue weighted by Gasteiger charge is -2.39. The van der Waals surface area contributed by atoms with Gasteiger partial charge in [0.1, 0.15) is 0 Å². The van der Waals surface area contributed by atoms with Gasteiger partial charge in [-0.25, -0.2) is 0 Å². The number of hydrogen-bond acceptors (Lipinski definition) is 4. The van der Waals surface area contributed by atoms with Gasteiger partial charge in [0.2, 0.25) is 0 Å². The second-order valence-electron chi connectivity index (χ2n) is 4.96. The molecule has 0 radical (unpaired) electrons. The van der Waals surface area contributed by atoms with E-state index in [4.69, 9.17) is 4.74 Å². The summed E-state index contributed by atoms with van der Waals surface area (Å²) in [4.78, 5) is 0. The van der Waals surface area contributed by atoms with Gasteiger partial charge in [0.15, 0.2) is 0 Å². The van der Waals surface area contributed by atoms with Crippen molar-refractivity contribution in [1.82, 2.24) is 5.32 Å². The Morgan fingerprint density at radius 3 is 3.19 bits per heavy atom. The van der Waals surface area contributed by atoms with Crippen LogP contribution in [0.2, 0.25) is 0 Å². The van der Waals surface area contributed by atoms with Gasteiger partial charge in [-0.1, -0.05) is 6.92 Å². The normalized spacial score (nSPS) is 36.8. The quantitative estimate of drug-likeness (QED) is 0.782. The average Bonchev–Trinajstić information content (AvgIpc) is 2.74. The Hall–Kier alpha value is 0.230. The molecule has 3 nitrogen and oxygen atoms in total. The van der Waals surface area contributed by atoms with Gasteiger partial charge in [-0.15, -0.1) is 0 Å². The van der Waals surface area contributed by atoms with Gasteiger partial charge in [0.25, 0.3) is 0 Å². The van der Waals surface area contributed by atoms with Gasteiger partial charge in [-0.2, -0.15) is 11.8 Å². The number of aliphatic hydroxyl groups is 1. The van der Waals surface area contributed by atoms with Crippen molar-refractivity contribution in [1.29, 1.82) is 0 Å². The van der Waals surface area contributed by atoms with E-state index in [1.54, 1.807) is 0 Å². The highest BCUT2D eigenvalue weighted by Crippen LogP contribution is 2.41. The van der Waals surface area contributed by atoms with E-state index >= 15 is 0 Å². The van der Waals surface area contributed by atoms with Crippen molar-refractivity contribution in [3.63, 3.8) is 0 Å². The van der Waals surface area contributed by atoms with Crippen molar-refractivity contribution < 1.29 is 9.84 Å². The van der Waals surface area contributed by atoms with Crippen LogP contribution in [0.15, 0.2) is 0 Å². The third kappa shape index (κ3) is 2.92. The molecule has 0 bridgehead atoms. The molecule has 94 valence electrons. The van der Waals surface area contributed by atoms with Crippen molar-refractivity contribution >= 4 is 11.8 Å². The average molecular weight is 245 g/mol. The zero-order chi connectivity index (χ0) is 11.4. The van der Waals surface area contributed by atoms with Crippen LogP contribution < -0.4 is 5.32 Å². The first kappa shape index (κ1) is 12.7. The van der Waals surface area contributed by atoms with Crippen LogP contribution in [0, 0.1) is 5.92 Å². The maximum absolute atomic E-state index is 10.1. The Labute approximate surface area is 102 Å². The van der Waals surface area contributed by atoms with Crippen LogP contribution >= 0.6 is 11.8 Å². The van der Waals surface area contributed by atoms with Gasteiger partial charge in [0, 0.05) is 18.9 Å². The lowest BCUT2D eigenvalue weighted by Crippen LogP contribution is -2.45. The predicted octanol–water partition coefficient (Wildman–Crippen LogP) is 1.26. The molecule has 0 amide bonds. The highest BCUT2D eigenvalue weighted by Gasteiger charge is 2.42. The van der Waals surface area contributed by atoms with E-state index in [1.165, 1.54) is 12.2 Å². The molecule has 2 aliphatic heterocycles. The van der Waals surface area contributed by atoms with Crippen molar-refractivity contribution in [2.24, 2.45) is 5.92 Å². The minimum absolute atomic E-state index is 0.0980. The zero-order valence-electron chi connectivity index (χ0n) is 10.1. The van der Waals surface area contributed by atoms with Crippen LogP contribution in [0.1, 0.15) is 26.2 Å². The molecule has 0 aromatic carbocycles. The third-order valence-electron chi connectivity index (χ3n) is 3.75. The Morgan fingerprint density at radius 1 is 1.62 bits per heavy atom. The lowest BCUT2D eigenvalue weighted by atomic mass is 9.82. The van der Waals surface area contributed by atoms with E-state index in [2.05, 4.69) is 12.2 Å². The Balaban J connectivity index is 1.85. The number of likely N-dealkylation sites (N-methyl/N-ethyl adjacent to an activating group) is 1. The first-order valence-electron chi connectivity index (χ1n) is 6.36. The Morgan fingerprint density at radius 2 is 2.50 bits per heavy atom. The summed E-state index contributed by atoms with van der Waals surface area (Å²) >= 11 is 1.99. The first-order valence-corrected chi connectivity index (χ1v) is 7.52. The summed E-state index contributed by atoms with van der Waals surface area (Å²) in [6.07, 6.45) is 3.03. The SMILES string of the molecule is CCNCC(O)C1CCOC2(CCSC2)C1. The number of ether oxygens (including phenoxy) is 1. The molecule has 2 aliphatic rings. The first-order chi connectivity index (χ1) is 7.76. The molecule has 0 aromatic heterocycles. The van der Waals surface area contributed by atoms with Crippen LogP contribution in [0.3, 0.4) is 0 Å². The standard InChI is InChI=1S/C12H23NO2S/c1-2-13-8-11(14)10-3-5-15-12(7-10)4-6-16-9-12/h10-11,13-14H,2-9H2,1H3. The van der Waals surface area contributed by atoms with E-state index in [1.807, 2.05) is 11.8 Å². The third-order valence-corrected chi connectivity index (χ3v) is 4.97. The molecular formula is C12H23NO2S. The van der Waals surface area contributed by atoms with E-state index in [0.29, 0.717) is 5.92 Å². The van der Waals surface area contributed by atoms with E-state index in [9.17, 15) is 5.11 Å². The summed E-state index contributed by atoms with van der Waals surface area (Å²) in [6.45, 7) is 4.56. The van der Waals surface area contributed by atoms with Gasteiger partial charge < -0.3 is 15.2 Å². The molecule has 0 aliphatic carbocycles. The topological polar surface area (TPSA) is 41.5 Å². The monoisotopic (exact) mass is 245 g/mol. The molecule has 3 atom stereocenters. The van der Waals surface area contributed by atoms with Gasteiger partial charge in [-0.3, -0.25) is 0 Å². The van der Waals surface area contributed by atoms with Crippen LogP contribution in [0.5, 0.6) is 0 Å². The smallest absolute Gasteiger partial charge is 0.0783 e. The number of nitrogens with one attached hydrogen (secondary N) is 1. The molecule has 1 spiro atoms. The van der Waals surface area contributed by atoms with Crippen molar-refractivity contribution in [2.45, 2.75) is 37.9 Å². The maximum Gasteiger partial charge on any atom is 0.0783 e. The minimum Gasteiger partial charge on any atom is -0.392 e. The zero-order valence-corrected chi connectivity index (χ0v) is 10.9. The molecule has 3 unspecified atom stereocenters. The molecule has 0 aromatic rings. The predicted molar refractivity (Wildman–Crippen MR) is 67.9 cm³/mol. The van der Waals surface area contributed by atoms with Crippen LogP contribution in [-0.4, -0.2) is 48.0 Å². The fourth-order valence-corrected chi connectivity index (χ4v) is 4.09. The molecule has 2 N–H and O–H groups in total. The summed E-state index contributed by atoms with van der Waals surface area (Å²) in [5, 5.41) is 13.4. The summed E-state index contributed by atoms with van der Waals surface area (Å²) < 4.78 is 5.96. The van der Waals surface area contributed by atoms with Gasteiger partial charge in [-0.05, 0) is 37.5 Å². The van der Waals surface area contributed by atoms with E-state index in [0.717, 1.165) is 38.3 Å². The van der Waals surface area contributed by atoms with Crippen molar-refractivity contribution in [3.05, 3.63) is 0 Å². The van der Waals surface area contributed by atoms with Crippen molar-refractivity contribution in [2.75, 3.05) is 31.2 Å². The van der Waals surface area contributed by atoms with Crippen LogP contribution in [-0.2, 0) is 4.74 Å². The lowest BCUT2D eigenvalue weighted by molar-refractivity contribution is -0.100. The maximum atomic E-state index is 10.1. The van der Waals surface area contributed by atoms with Crippen molar-refractivity contribution in [3.8, 4) is 0 Å². The van der Waals surface area contributed by atoms with Crippen LogP contribution in [0.25, 0.3) is 0 Å². The second-order valence-corrected chi connectivity index (χ2v) is 6.07. The summed E-state index contributed by atoms with van der Waals surface area (Å²) in [5.74, 6) is 2.76. The second kappa shape index (κ2) is 5.71. The van der Waals surface area contributed by atoms with Gasteiger partial charge >= 0.3 is 0 Å². The molecule has 2 heterocycles. The summed E-state index contributed by atoms with van der Waals surface area (Å²) in [7, 11) is 0. The summed E-state index contributed by atoms with van der Waals surface area (Å²) in [6, 6.07) is 0. The number of thioether (sulfide) groups is 1. The van der Waals surface area contributed by atoms with Crippen LogP contribution in [0.4, 0.5) is 0 Å². The number of rotatable bonds is 4. The molecule has 2 rings (SSSR count). The Bertz CT molecular complexity index is 219. The molecule has 0 saturated carbocycles. The number of aliphatic hydroxyl groups excluding tert-OH is 1. The highest BCUT2D eigenvalue weighted by molar-refractivity contribution is 7.99. The largest absolute Gasteiger partial charge is 0.392 e. The Kier molecular flexibility index (Phi) is 4.53. The fraction of sp³-hybridized carbons (Fsp3) is 1.00. The molecule has 2 fully saturated rings. The highest BCUT2D eigenvalue weighted by atomic mass is 32.2. The summed E-state index contributed by atoms with van der Waals surface area (Å²) in [5.41, 5.74) is 0.0980. The molecule has 16 heavy (non-hydrogen) atoms.